The summed E-state index contributed by atoms with van der Waals surface area (Å²) < 4.78 is 0. The smallest absolute Gasteiger partial charge is 0.282 e. The van der Waals surface area contributed by atoms with E-state index in [9.17, 15) is 9.59 Å². The van der Waals surface area contributed by atoms with Gasteiger partial charge in [0.25, 0.3) is 11.8 Å². The summed E-state index contributed by atoms with van der Waals surface area (Å²) in [5.74, 6) is -0.520. The average Bonchev–Trinajstić information content (AvgIpc) is 3.07. The van der Waals surface area contributed by atoms with Crippen LogP contribution in [0.5, 0.6) is 0 Å². The Balaban J connectivity index is 1.83. The highest BCUT2D eigenvalue weighted by molar-refractivity contribution is 6.45. The van der Waals surface area contributed by atoms with E-state index in [-0.39, 0.29) is 11.8 Å². The molecule has 2 amide bonds. The normalized spacial score (nSPS) is 13.7. The number of aryl methyl sites for hydroxylation is 4. The molecule has 0 bridgehead atoms. The molecule has 0 radical (unpaired) electrons. The number of amides is 2. The van der Waals surface area contributed by atoms with Crippen LogP contribution in [0.25, 0.3) is 5.57 Å². The molecule has 1 aromatic heterocycles. The molecule has 5 nitrogen and oxygen atoms in total. The molecule has 1 aliphatic heterocycles. The largest absolute Gasteiger partial charge is 0.366 e. The number of anilines is 1. The Morgan fingerprint density at radius 2 is 1.50 bits per heavy atom. The van der Waals surface area contributed by atoms with E-state index < -0.39 is 0 Å². The van der Waals surface area contributed by atoms with Crippen LogP contribution < -0.4 is 4.90 Å². The Morgan fingerprint density at radius 1 is 0.824 bits per heavy atom. The summed E-state index contributed by atoms with van der Waals surface area (Å²) in [5, 5.41) is 0. The van der Waals surface area contributed by atoms with Gasteiger partial charge in [0, 0.05) is 25.5 Å². The molecule has 0 N–H and O–H groups in total. The topological polar surface area (TPSA) is 53.5 Å². The van der Waals surface area contributed by atoms with Crippen LogP contribution in [0.15, 0.2) is 66.6 Å². The molecule has 0 saturated carbocycles. The number of aromatic nitrogens is 1. The molecule has 34 heavy (non-hydrogen) atoms. The SMILES string of the molecule is CCN(CCc1ccncc1)C1=C(c2ccc(C)cc2C)C(=O)N(c2cc(C)ccc2C)C1=O. The number of pyridine rings is 1. The summed E-state index contributed by atoms with van der Waals surface area (Å²) in [7, 11) is 0. The second-order valence-electron chi connectivity index (χ2n) is 8.96. The first-order valence-corrected chi connectivity index (χ1v) is 11.7. The third-order valence-electron chi connectivity index (χ3n) is 6.43. The van der Waals surface area contributed by atoms with Gasteiger partial charge in [-0.3, -0.25) is 14.6 Å². The van der Waals surface area contributed by atoms with Crippen LogP contribution in [0.2, 0.25) is 0 Å². The molecule has 0 unspecified atom stereocenters. The maximum atomic E-state index is 13.9. The first kappa shape index (κ1) is 23.4. The summed E-state index contributed by atoms with van der Waals surface area (Å²) in [5.41, 5.74) is 7.59. The van der Waals surface area contributed by atoms with Crippen molar-refractivity contribution in [1.82, 2.24) is 9.88 Å². The van der Waals surface area contributed by atoms with Crippen molar-refractivity contribution < 1.29 is 9.59 Å². The number of imide groups is 1. The molecule has 2 aromatic carbocycles. The molecule has 2 heterocycles. The molecule has 3 aromatic rings. The Bertz CT molecular complexity index is 1280. The number of rotatable bonds is 7. The minimum absolute atomic E-state index is 0.259. The standard InChI is InChI=1S/C29H31N3O2/c1-6-31(16-13-23-11-14-30-15-12-23)27-26(24-10-8-19(2)17-22(24)5)28(33)32(29(27)34)25-18-20(3)7-9-21(25)4/h7-12,14-15,17-18H,6,13,16H2,1-5H3. The van der Waals surface area contributed by atoms with E-state index in [1.165, 1.54) is 4.90 Å². The molecule has 0 atom stereocenters. The lowest BCUT2D eigenvalue weighted by Gasteiger charge is -2.25. The lowest BCUT2D eigenvalue weighted by atomic mass is 9.97. The Labute approximate surface area is 201 Å². The minimum atomic E-state index is -0.261. The second-order valence-corrected chi connectivity index (χ2v) is 8.96. The average molecular weight is 454 g/mol. The Kier molecular flexibility index (Phi) is 6.64. The highest BCUT2D eigenvalue weighted by Crippen LogP contribution is 2.37. The third kappa shape index (κ3) is 4.38. The van der Waals surface area contributed by atoms with Crippen LogP contribution in [0.3, 0.4) is 0 Å². The zero-order valence-corrected chi connectivity index (χ0v) is 20.6. The van der Waals surface area contributed by atoms with Crippen LogP contribution in [0.4, 0.5) is 5.69 Å². The Hall–Kier alpha value is -3.73. The van der Waals surface area contributed by atoms with Gasteiger partial charge in [-0.05, 0) is 87.1 Å². The highest BCUT2D eigenvalue weighted by Gasteiger charge is 2.43. The lowest BCUT2D eigenvalue weighted by Crippen LogP contribution is -2.36. The summed E-state index contributed by atoms with van der Waals surface area (Å²) in [6, 6.07) is 15.9. The number of likely N-dealkylation sites (N-methyl/N-ethyl adjacent to an activating group) is 1. The predicted octanol–water partition coefficient (Wildman–Crippen LogP) is 5.16. The van der Waals surface area contributed by atoms with Crippen LogP contribution >= 0.6 is 0 Å². The maximum absolute atomic E-state index is 13.9. The number of hydrogen-bond acceptors (Lipinski definition) is 4. The van der Waals surface area contributed by atoms with Crippen molar-refractivity contribution in [1.29, 1.82) is 0 Å². The van der Waals surface area contributed by atoms with Crippen LogP contribution in [-0.4, -0.2) is 34.8 Å². The molecule has 5 heteroatoms. The molecular formula is C29H31N3O2. The number of carbonyl (C=O) groups excluding carboxylic acids is 2. The zero-order chi connectivity index (χ0) is 24.4. The Morgan fingerprint density at radius 3 is 2.18 bits per heavy atom. The van der Waals surface area contributed by atoms with Crippen LogP contribution in [0, 0.1) is 27.7 Å². The van der Waals surface area contributed by atoms with Gasteiger partial charge >= 0.3 is 0 Å². The lowest BCUT2D eigenvalue weighted by molar-refractivity contribution is -0.120. The fourth-order valence-electron chi connectivity index (χ4n) is 4.57. The van der Waals surface area contributed by atoms with Crippen molar-refractivity contribution in [2.45, 2.75) is 41.0 Å². The molecule has 0 fully saturated rings. The van der Waals surface area contributed by atoms with Crippen molar-refractivity contribution in [2.24, 2.45) is 0 Å². The van der Waals surface area contributed by atoms with Crippen LogP contribution in [0.1, 0.15) is 40.3 Å². The summed E-state index contributed by atoms with van der Waals surface area (Å²) in [4.78, 5) is 35.4. The van der Waals surface area contributed by atoms with Crippen molar-refractivity contribution in [2.75, 3.05) is 18.0 Å². The van der Waals surface area contributed by atoms with Gasteiger partial charge in [0.2, 0.25) is 0 Å². The minimum Gasteiger partial charge on any atom is -0.366 e. The fourth-order valence-corrected chi connectivity index (χ4v) is 4.57. The summed E-state index contributed by atoms with van der Waals surface area (Å²) >= 11 is 0. The number of hydrogen-bond donors (Lipinski definition) is 0. The van der Waals surface area contributed by atoms with Gasteiger partial charge in [-0.2, -0.15) is 0 Å². The van der Waals surface area contributed by atoms with Gasteiger partial charge in [-0.15, -0.1) is 0 Å². The third-order valence-corrected chi connectivity index (χ3v) is 6.43. The van der Waals surface area contributed by atoms with Gasteiger partial charge < -0.3 is 4.90 Å². The highest BCUT2D eigenvalue weighted by atomic mass is 16.2. The van der Waals surface area contributed by atoms with Crippen molar-refractivity contribution in [3.05, 3.63) is 100 Å². The fraction of sp³-hybridized carbons (Fsp3) is 0.276. The summed E-state index contributed by atoms with van der Waals surface area (Å²) in [6.07, 6.45) is 4.31. The van der Waals surface area contributed by atoms with E-state index in [0.29, 0.717) is 30.0 Å². The van der Waals surface area contributed by atoms with Crippen LogP contribution in [-0.2, 0) is 16.0 Å². The number of nitrogens with zero attached hydrogens (tertiary/aromatic N) is 3. The molecule has 0 spiro atoms. The molecule has 0 aliphatic carbocycles. The van der Waals surface area contributed by atoms with Gasteiger partial charge in [0.05, 0.1) is 11.3 Å². The van der Waals surface area contributed by atoms with E-state index in [4.69, 9.17) is 0 Å². The van der Waals surface area contributed by atoms with E-state index in [0.717, 1.165) is 39.8 Å². The second kappa shape index (κ2) is 9.64. The van der Waals surface area contributed by atoms with E-state index in [1.807, 2.05) is 82.0 Å². The molecule has 4 rings (SSSR count). The van der Waals surface area contributed by atoms with Gasteiger partial charge in [0.15, 0.2) is 0 Å². The molecule has 174 valence electrons. The monoisotopic (exact) mass is 453 g/mol. The predicted molar refractivity (Wildman–Crippen MR) is 136 cm³/mol. The zero-order valence-electron chi connectivity index (χ0n) is 20.6. The van der Waals surface area contributed by atoms with E-state index in [1.54, 1.807) is 12.4 Å². The quantitative estimate of drug-likeness (QED) is 0.464. The van der Waals surface area contributed by atoms with E-state index in [2.05, 4.69) is 11.1 Å². The van der Waals surface area contributed by atoms with Gasteiger partial charge in [-0.1, -0.05) is 35.9 Å². The molecule has 0 saturated heterocycles. The van der Waals surface area contributed by atoms with E-state index >= 15 is 0 Å². The number of carbonyl (C=O) groups is 2. The number of benzene rings is 2. The van der Waals surface area contributed by atoms with Gasteiger partial charge in [0.1, 0.15) is 5.70 Å². The van der Waals surface area contributed by atoms with Crippen molar-refractivity contribution >= 4 is 23.1 Å². The first-order valence-electron chi connectivity index (χ1n) is 11.7. The van der Waals surface area contributed by atoms with Crippen molar-refractivity contribution in [3.63, 3.8) is 0 Å². The van der Waals surface area contributed by atoms with Crippen molar-refractivity contribution in [3.8, 4) is 0 Å². The first-order chi connectivity index (χ1) is 16.3. The maximum Gasteiger partial charge on any atom is 0.282 e. The summed E-state index contributed by atoms with van der Waals surface area (Å²) in [6.45, 7) is 11.2. The molecular weight excluding hydrogens is 422 g/mol. The molecule has 1 aliphatic rings. The van der Waals surface area contributed by atoms with Gasteiger partial charge in [-0.25, -0.2) is 4.90 Å².